The molecule has 110 valence electrons. The van der Waals surface area contributed by atoms with Gasteiger partial charge in [-0.1, -0.05) is 9.04 Å². The van der Waals surface area contributed by atoms with E-state index in [4.69, 9.17) is 4.74 Å². The third-order valence-electron chi connectivity index (χ3n) is 1.33. The Morgan fingerprint density at radius 3 is 1.95 bits per heavy atom. The summed E-state index contributed by atoms with van der Waals surface area (Å²) in [5, 5.41) is 5.91. The monoisotopic (exact) mass is 314 g/mol. The quantitative estimate of drug-likeness (QED) is 0.710. The number of carbonyl (C=O) groups excluding carboxylic acids is 1. The van der Waals surface area contributed by atoms with Crippen molar-refractivity contribution in [2.45, 2.75) is 26.4 Å². The number of hydrogen-bond acceptors (Lipinski definition) is 8. The smallest absolute Gasteiger partial charge is 0.352 e. The lowest BCUT2D eigenvalue weighted by Gasteiger charge is -2.16. The molecule has 0 atom stereocenters. The molecule has 0 aliphatic heterocycles. The fourth-order valence-corrected chi connectivity index (χ4v) is 2.44. The van der Waals surface area contributed by atoms with Crippen molar-refractivity contribution in [2.75, 3.05) is 13.8 Å². The Bertz CT molecular complexity index is 584. The predicted octanol–water partition coefficient (Wildman–Crippen LogP) is 1.07. The lowest BCUT2D eigenvalue weighted by atomic mass is 10.2. The fourth-order valence-electron chi connectivity index (χ4n) is 0.629. The van der Waals surface area contributed by atoms with Gasteiger partial charge in [-0.15, -0.1) is 5.11 Å². The highest BCUT2D eigenvalue weighted by Crippen LogP contribution is 2.09. The van der Waals surface area contributed by atoms with Crippen LogP contribution < -0.4 is 0 Å². The van der Waals surface area contributed by atoms with Gasteiger partial charge in [0.2, 0.25) is 0 Å². The summed E-state index contributed by atoms with van der Waals surface area (Å²) in [5.74, 6) is 0. The van der Waals surface area contributed by atoms with Crippen LogP contribution in [-0.2, 0) is 24.8 Å². The molecule has 0 aliphatic carbocycles. The third-order valence-corrected chi connectivity index (χ3v) is 4.15. The van der Waals surface area contributed by atoms with Crippen LogP contribution in [0.4, 0.5) is 4.79 Å². The zero-order chi connectivity index (χ0) is 15.3. The normalized spacial score (nSPS) is 14.3. The molecule has 0 aliphatic rings. The third kappa shape index (κ3) is 6.45. The minimum atomic E-state index is -4.96. The van der Waals surface area contributed by atoms with Crippen LogP contribution in [0.25, 0.3) is 0 Å². The average Bonchev–Trinajstić information content (AvgIpc) is 2.22. The highest BCUT2D eigenvalue weighted by molar-refractivity contribution is 8.29. The molecule has 0 saturated heterocycles. The molecule has 0 aromatic rings. The Balaban J connectivity index is 4.93. The van der Waals surface area contributed by atoms with Crippen molar-refractivity contribution in [3.63, 3.8) is 0 Å². The van der Waals surface area contributed by atoms with E-state index in [0.29, 0.717) is 0 Å². The van der Waals surface area contributed by atoms with Crippen LogP contribution in [-0.4, -0.2) is 40.7 Å². The van der Waals surface area contributed by atoms with E-state index in [2.05, 4.69) is 19.3 Å². The molecule has 0 unspecified atom stereocenters. The topological polar surface area (TPSA) is 144 Å². The highest BCUT2D eigenvalue weighted by atomic mass is 32.3. The predicted molar refractivity (Wildman–Crippen MR) is 64.6 cm³/mol. The van der Waals surface area contributed by atoms with Crippen molar-refractivity contribution in [3.8, 4) is 0 Å². The Kier molecular flexibility index (Phi) is 5.83. The van der Waals surface area contributed by atoms with Gasteiger partial charge < -0.3 is 4.74 Å². The molecule has 0 aromatic carbocycles. The summed E-state index contributed by atoms with van der Waals surface area (Å²) in [6.07, 6.45) is 0. The van der Waals surface area contributed by atoms with Gasteiger partial charge in [0.15, 0.2) is 6.73 Å². The fraction of sp³-hybridized carbons (Fsp3) is 0.857. The maximum atomic E-state index is 11.2. The molecule has 0 bridgehead atoms. The molecule has 10 nitrogen and oxygen atoms in total. The summed E-state index contributed by atoms with van der Waals surface area (Å²) in [5.41, 5.74) is -0.588. The first-order chi connectivity index (χ1) is 8.42. The van der Waals surface area contributed by atoms with Gasteiger partial charge in [-0.05, 0) is 20.8 Å². The van der Waals surface area contributed by atoms with E-state index in [1.54, 1.807) is 20.8 Å². The number of nitrogens with zero attached hydrogens (tertiary/aromatic N) is 4. The minimum absolute atomic E-state index is 0.439. The maximum Gasteiger partial charge on any atom is 0.406 e. The van der Waals surface area contributed by atoms with Crippen LogP contribution in [0.2, 0.25) is 0 Å². The summed E-state index contributed by atoms with van der Waals surface area (Å²) in [4.78, 5) is 11.1. The Labute approximate surface area is 111 Å². The lowest BCUT2D eigenvalue weighted by molar-refractivity contribution is -0.0000996. The van der Waals surface area contributed by atoms with E-state index in [1.165, 1.54) is 0 Å². The number of ether oxygens (including phenoxy) is 1. The van der Waals surface area contributed by atoms with Crippen molar-refractivity contribution in [3.05, 3.63) is 0 Å². The molecule has 0 radical (unpaired) electrons. The summed E-state index contributed by atoms with van der Waals surface area (Å²) in [6.45, 7) is 4.63. The van der Waals surface area contributed by atoms with E-state index < -0.39 is 36.8 Å². The van der Waals surface area contributed by atoms with Crippen molar-refractivity contribution in [2.24, 2.45) is 19.3 Å². The minimum Gasteiger partial charge on any atom is -0.352 e. The molecule has 0 spiro atoms. The van der Waals surface area contributed by atoms with Gasteiger partial charge in [0.1, 0.15) is 0 Å². The van der Waals surface area contributed by atoms with Crippen LogP contribution in [0.15, 0.2) is 19.3 Å². The molecule has 0 fully saturated rings. The summed E-state index contributed by atoms with van der Waals surface area (Å²) < 4.78 is 52.6. The van der Waals surface area contributed by atoms with E-state index in [-0.39, 0.29) is 0 Å². The maximum absolute atomic E-state index is 11.2. The van der Waals surface area contributed by atoms with Crippen molar-refractivity contribution in [1.82, 2.24) is 0 Å². The van der Waals surface area contributed by atoms with Gasteiger partial charge in [-0.25, -0.2) is 0 Å². The Hall–Kier alpha value is -1.27. The Morgan fingerprint density at radius 2 is 1.53 bits per heavy atom. The van der Waals surface area contributed by atoms with Crippen LogP contribution >= 0.6 is 0 Å². The second kappa shape index (κ2) is 6.25. The zero-order valence-electron chi connectivity index (χ0n) is 10.8. The van der Waals surface area contributed by atoms with Gasteiger partial charge in [0, 0.05) is 7.05 Å². The van der Waals surface area contributed by atoms with Gasteiger partial charge in [0.05, 0.1) is 5.60 Å². The van der Waals surface area contributed by atoms with Crippen molar-refractivity contribution >= 4 is 24.5 Å². The average molecular weight is 314 g/mol. The van der Waals surface area contributed by atoms with Crippen molar-refractivity contribution < 1.29 is 26.4 Å². The van der Waals surface area contributed by atoms with Gasteiger partial charge >= 0.3 is 24.5 Å². The first kappa shape index (κ1) is 17.7. The van der Waals surface area contributed by atoms with E-state index in [9.17, 15) is 21.6 Å². The molecule has 0 heterocycles. The largest absolute Gasteiger partial charge is 0.406 e. The molecule has 0 rings (SSSR count). The molecule has 19 heavy (non-hydrogen) atoms. The molecular formula is C7H14N4O6S2. The molecule has 12 heteroatoms. The standard InChI is InChI=1S/C7H14N4O6S2/c1-7(2,3)17-5-9-11-19(15,16)6(12)18(13,14)10-8-4/h5H2,1-4H3. The highest BCUT2D eigenvalue weighted by Gasteiger charge is 2.36. The lowest BCUT2D eigenvalue weighted by Crippen LogP contribution is -2.20. The van der Waals surface area contributed by atoms with Crippen LogP contribution in [0.3, 0.4) is 0 Å². The van der Waals surface area contributed by atoms with Crippen LogP contribution in [0.5, 0.6) is 0 Å². The zero-order valence-corrected chi connectivity index (χ0v) is 12.4. The summed E-state index contributed by atoms with van der Waals surface area (Å²) >= 11 is 0. The molecule has 0 aromatic heterocycles. The van der Waals surface area contributed by atoms with E-state index >= 15 is 0 Å². The molecular weight excluding hydrogens is 300 g/mol. The first-order valence-electron chi connectivity index (χ1n) is 4.80. The molecule has 0 saturated carbocycles. The number of sulfonamides is 2. The molecule has 0 amide bonds. The van der Waals surface area contributed by atoms with Gasteiger partial charge in [0.25, 0.3) is 0 Å². The first-order valence-corrected chi connectivity index (χ1v) is 7.68. The summed E-state index contributed by atoms with van der Waals surface area (Å²) in [7, 11) is -8.89. The Morgan fingerprint density at radius 1 is 1.05 bits per heavy atom. The SMILES string of the molecule is CN=NS(=O)(=O)C(=O)S(=O)(=O)N=NCOC(C)(C)C. The van der Waals surface area contributed by atoms with Crippen LogP contribution in [0, 0.1) is 0 Å². The van der Waals surface area contributed by atoms with E-state index in [1.807, 2.05) is 0 Å². The number of carbonyl (C=O) groups is 1. The number of rotatable bonds is 4. The van der Waals surface area contributed by atoms with Gasteiger partial charge in [-0.3, -0.25) is 4.79 Å². The van der Waals surface area contributed by atoms with Crippen molar-refractivity contribution in [1.29, 1.82) is 0 Å². The van der Waals surface area contributed by atoms with E-state index in [0.717, 1.165) is 7.05 Å². The van der Waals surface area contributed by atoms with Gasteiger partial charge in [-0.2, -0.15) is 21.9 Å². The van der Waals surface area contributed by atoms with Crippen LogP contribution in [0.1, 0.15) is 20.8 Å². The number of hydrogen-bond donors (Lipinski definition) is 0. The molecule has 0 N–H and O–H groups in total. The second-order valence-corrected chi connectivity index (χ2v) is 7.32. The summed E-state index contributed by atoms with van der Waals surface area (Å²) in [6, 6.07) is 0. The second-order valence-electron chi connectivity index (χ2n) is 4.09.